The minimum atomic E-state index is 0.559. The summed E-state index contributed by atoms with van der Waals surface area (Å²) in [5.74, 6) is 0.736. The number of rotatable bonds is 4. The van der Waals surface area contributed by atoms with Crippen LogP contribution in [0.25, 0.3) is 16.7 Å². The molecule has 0 radical (unpaired) electrons. The smallest absolute Gasteiger partial charge is 0.167 e. The molecular formula is C18H12Cl2N4S. The fourth-order valence-corrected chi connectivity index (χ4v) is 3.70. The van der Waals surface area contributed by atoms with Crippen molar-refractivity contribution in [1.82, 2.24) is 19.7 Å². The van der Waals surface area contributed by atoms with E-state index in [4.69, 9.17) is 23.2 Å². The number of halogens is 2. The van der Waals surface area contributed by atoms with Crippen LogP contribution < -0.4 is 0 Å². The van der Waals surface area contributed by atoms with Crippen LogP contribution in [0.1, 0.15) is 5.56 Å². The van der Waals surface area contributed by atoms with Crippen molar-refractivity contribution in [1.29, 1.82) is 0 Å². The van der Waals surface area contributed by atoms with Crippen LogP contribution >= 0.6 is 35.0 Å². The summed E-state index contributed by atoms with van der Waals surface area (Å²) in [5.41, 5.74) is 2.84. The lowest BCUT2D eigenvalue weighted by Crippen LogP contribution is -1.97. The van der Waals surface area contributed by atoms with Gasteiger partial charge in [-0.25, -0.2) is 14.6 Å². The van der Waals surface area contributed by atoms with Crippen molar-refractivity contribution in [2.45, 2.75) is 10.8 Å². The molecule has 4 nitrogen and oxygen atoms in total. The number of nitrogens with zero attached hydrogens (tertiary/aromatic N) is 4. The molecule has 0 atom stereocenters. The van der Waals surface area contributed by atoms with Gasteiger partial charge in [0.05, 0.1) is 27.3 Å². The Morgan fingerprint density at radius 3 is 2.60 bits per heavy atom. The van der Waals surface area contributed by atoms with Crippen molar-refractivity contribution in [2.75, 3.05) is 0 Å². The minimum Gasteiger partial charge on any atom is -0.229 e. The van der Waals surface area contributed by atoms with Crippen molar-refractivity contribution in [3.63, 3.8) is 0 Å². The van der Waals surface area contributed by atoms with Crippen LogP contribution in [-0.2, 0) is 5.75 Å². The standard InChI is InChI=1S/C18H12Cl2N4S/c19-15-7-6-12(8-16(15)20)10-25-18-14-9-23-24(17(14)21-11-22-18)13-4-2-1-3-5-13/h1-9,11H,10H2. The Kier molecular flexibility index (Phi) is 4.61. The summed E-state index contributed by atoms with van der Waals surface area (Å²) in [6.45, 7) is 0. The lowest BCUT2D eigenvalue weighted by Gasteiger charge is -2.05. The predicted molar refractivity (Wildman–Crippen MR) is 103 cm³/mol. The number of hydrogen-bond donors (Lipinski definition) is 0. The zero-order chi connectivity index (χ0) is 17.2. The number of hydrogen-bond acceptors (Lipinski definition) is 4. The molecule has 0 aliphatic carbocycles. The second kappa shape index (κ2) is 7.04. The Hall–Kier alpha value is -2.08. The molecule has 4 rings (SSSR count). The molecule has 0 unspecified atom stereocenters. The molecule has 7 heteroatoms. The van der Waals surface area contributed by atoms with Crippen molar-refractivity contribution < 1.29 is 0 Å². The fraction of sp³-hybridized carbons (Fsp3) is 0.0556. The van der Waals surface area contributed by atoms with Crippen molar-refractivity contribution in [3.8, 4) is 5.69 Å². The molecule has 0 spiro atoms. The molecule has 0 N–H and O–H groups in total. The van der Waals surface area contributed by atoms with Gasteiger partial charge in [0.15, 0.2) is 5.65 Å². The zero-order valence-corrected chi connectivity index (χ0v) is 15.3. The van der Waals surface area contributed by atoms with E-state index in [9.17, 15) is 0 Å². The first-order valence-corrected chi connectivity index (χ1v) is 9.27. The largest absolute Gasteiger partial charge is 0.229 e. The Balaban J connectivity index is 1.64. The van der Waals surface area contributed by atoms with E-state index in [-0.39, 0.29) is 0 Å². The number of para-hydroxylation sites is 1. The average molecular weight is 387 g/mol. The first kappa shape index (κ1) is 16.4. The van der Waals surface area contributed by atoms with Gasteiger partial charge in [-0.3, -0.25) is 0 Å². The highest BCUT2D eigenvalue weighted by Crippen LogP contribution is 2.30. The average Bonchev–Trinajstić information content (AvgIpc) is 3.08. The minimum absolute atomic E-state index is 0.559. The SMILES string of the molecule is Clc1ccc(CSc2ncnc3c2cnn3-c2ccccc2)cc1Cl. The lowest BCUT2D eigenvalue weighted by atomic mass is 10.2. The first-order valence-electron chi connectivity index (χ1n) is 7.53. The molecular weight excluding hydrogens is 375 g/mol. The fourth-order valence-electron chi connectivity index (χ4n) is 2.48. The van der Waals surface area contributed by atoms with Gasteiger partial charge in [0.25, 0.3) is 0 Å². The van der Waals surface area contributed by atoms with E-state index in [2.05, 4.69) is 15.1 Å². The molecule has 0 aliphatic heterocycles. The molecule has 124 valence electrons. The molecule has 4 aromatic rings. The van der Waals surface area contributed by atoms with E-state index in [0.29, 0.717) is 10.0 Å². The van der Waals surface area contributed by atoms with Gasteiger partial charge in [-0.15, -0.1) is 11.8 Å². The van der Waals surface area contributed by atoms with Crippen molar-refractivity contribution in [2.24, 2.45) is 0 Å². The molecule has 0 bridgehead atoms. The summed E-state index contributed by atoms with van der Waals surface area (Å²) >= 11 is 13.7. The molecule has 2 heterocycles. The molecule has 0 amide bonds. The van der Waals surface area contributed by atoms with Crippen molar-refractivity contribution in [3.05, 3.63) is 76.7 Å². The monoisotopic (exact) mass is 386 g/mol. The second-order valence-corrected chi connectivity index (χ2v) is 7.12. The number of thioether (sulfide) groups is 1. The Morgan fingerprint density at radius 2 is 1.80 bits per heavy atom. The van der Waals surface area contributed by atoms with Gasteiger partial charge in [-0.2, -0.15) is 5.10 Å². The topological polar surface area (TPSA) is 43.6 Å². The zero-order valence-electron chi connectivity index (χ0n) is 12.9. The van der Waals surface area contributed by atoms with E-state index in [1.165, 1.54) is 0 Å². The van der Waals surface area contributed by atoms with Crippen LogP contribution in [0.5, 0.6) is 0 Å². The van der Waals surface area contributed by atoms with Gasteiger partial charge < -0.3 is 0 Å². The molecule has 2 aromatic carbocycles. The number of fused-ring (bicyclic) bond motifs is 1. The van der Waals surface area contributed by atoms with Crippen LogP contribution in [0, 0.1) is 0 Å². The van der Waals surface area contributed by atoms with Gasteiger partial charge in [0.1, 0.15) is 11.4 Å². The van der Waals surface area contributed by atoms with Crippen LogP contribution in [0.3, 0.4) is 0 Å². The summed E-state index contributed by atoms with van der Waals surface area (Å²) in [6, 6.07) is 15.6. The second-order valence-electron chi connectivity index (χ2n) is 5.35. The summed E-state index contributed by atoms with van der Waals surface area (Å²) in [4.78, 5) is 8.80. The molecule has 0 aliphatic rings. The predicted octanol–water partition coefficient (Wildman–Crippen LogP) is 5.41. The molecule has 25 heavy (non-hydrogen) atoms. The van der Waals surface area contributed by atoms with E-state index < -0.39 is 0 Å². The highest BCUT2D eigenvalue weighted by molar-refractivity contribution is 7.98. The maximum atomic E-state index is 6.08. The van der Waals surface area contributed by atoms with Gasteiger partial charge in [-0.1, -0.05) is 47.5 Å². The number of benzene rings is 2. The van der Waals surface area contributed by atoms with Gasteiger partial charge >= 0.3 is 0 Å². The Bertz CT molecular complexity index is 1030. The third-order valence-electron chi connectivity index (χ3n) is 3.69. The van der Waals surface area contributed by atoms with E-state index in [1.807, 2.05) is 53.2 Å². The van der Waals surface area contributed by atoms with Crippen LogP contribution in [0.15, 0.2) is 66.1 Å². The summed E-state index contributed by atoms with van der Waals surface area (Å²) in [7, 11) is 0. The van der Waals surface area contributed by atoms with E-state index >= 15 is 0 Å². The van der Waals surface area contributed by atoms with Crippen molar-refractivity contribution >= 4 is 46.0 Å². The first-order chi connectivity index (χ1) is 12.2. The normalized spacial score (nSPS) is 11.1. The maximum Gasteiger partial charge on any atom is 0.167 e. The van der Waals surface area contributed by atoms with Crippen LogP contribution in [-0.4, -0.2) is 19.7 Å². The third kappa shape index (κ3) is 3.35. The highest BCUT2D eigenvalue weighted by Gasteiger charge is 2.11. The van der Waals surface area contributed by atoms with Gasteiger partial charge in [0, 0.05) is 5.75 Å². The Morgan fingerprint density at radius 1 is 0.960 bits per heavy atom. The summed E-state index contributed by atoms with van der Waals surface area (Å²) < 4.78 is 1.82. The molecule has 0 saturated heterocycles. The molecule has 0 saturated carbocycles. The highest BCUT2D eigenvalue weighted by atomic mass is 35.5. The quantitative estimate of drug-likeness (QED) is 0.347. The van der Waals surface area contributed by atoms with Gasteiger partial charge in [0.2, 0.25) is 0 Å². The maximum absolute atomic E-state index is 6.08. The third-order valence-corrected chi connectivity index (χ3v) is 5.51. The lowest BCUT2D eigenvalue weighted by molar-refractivity contribution is 0.893. The molecule has 2 aromatic heterocycles. The summed E-state index contributed by atoms with van der Waals surface area (Å²) in [5, 5.41) is 7.40. The Labute approximate surface area is 158 Å². The van der Waals surface area contributed by atoms with E-state index in [0.717, 1.165) is 33.1 Å². The summed E-state index contributed by atoms with van der Waals surface area (Å²) in [6.07, 6.45) is 3.38. The van der Waals surface area contributed by atoms with Gasteiger partial charge in [-0.05, 0) is 29.8 Å². The van der Waals surface area contributed by atoms with E-state index in [1.54, 1.807) is 24.3 Å². The molecule has 0 fully saturated rings. The van der Waals surface area contributed by atoms with Crippen LogP contribution in [0.2, 0.25) is 10.0 Å². The van der Waals surface area contributed by atoms with Crippen LogP contribution in [0.4, 0.5) is 0 Å². The number of aromatic nitrogens is 4.